The van der Waals surface area contributed by atoms with E-state index in [1.807, 2.05) is 17.1 Å². The number of aromatic nitrogens is 1. The van der Waals surface area contributed by atoms with Gasteiger partial charge in [-0.05, 0) is 25.7 Å². The first-order valence-corrected chi connectivity index (χ1v) is 9.38. The van der Waals surface area contributed by atoms with Gasteiger partial charge >= 0.3 is 5.97 Å². The molecule has 1 saturated carbocycles. The molecule has 0 amide bonds. The maximum atomic E-state index is 10.7. The molecule has 2 fully saturated rings. The number of hydrogen-bond donors (Lipinski definition) is 1. The topological polar surface area (TPSA) is 59.4 Å². The van der Waals surface area contributed by atoms with E-state index < -0.39 is 5.97 Å². The summed E-state index contributed by atoms with van der Waals surface area (Å²) in [4.78, 5) is 15.1. The molecule has 1 aromatic rings. The van der Waals surface area contributed by atoms with E-state index in [9.17, 15) is 4.79 Å². The van der Waals surface area contributed by atoms with Gasteiger partial charge in [-0.15, -0.1) is 11.3 Å². The van der Waals surface area contributed by atoms with Crippen molar-refractivity contribution >= 4 is 29.1 Å². The molecule has 2 heterocycles. The fourth-order valence-corrected chi connectivity index (χ4v) is 5.72. The smallest absolute Gasteiger partial charge is 0.309 e. The first-order chi connectivity index (χ1) is 10.2. The third-order valence-electron chi connectivity index (χ3n) is 4.34. The van der Waals surface area contributed by atoms with E-state index in [2.05, 4.69) is 4.98 Å². The van der Waals surface area contributed by atoms with Gasteiger partial charge in [0.2, 0.25) is 0 Å². The molecule has 21 heavy (non-hydrogen) atoms. The van der Waals surface area contributed by atoms with Crippen LogP contribution in [0.15, 0.2) is 9.72 Å². The van der Waals surface area contributed by atoms with E-state index in [-0.39, 0.29) is 12.0 Å². The molecule has 0 radical (unpaired) electrons. The lowest BCUT2D eigenvalue weighted by Crippen LogP contribution is -2.42. The SMILES string of the molecule is O=C(O)Cc1csc(SC2CCOC3(CCCCC3)C2)n1. The van der Waals surface area contributed by atoms with Crippen molar-refractivity contribution in [1.82, 2.24) is 4.98 Å². The van der Waals surface area contributed by atoms with Gasteiger partial charge < -0.3 is 9.84 Å². The Bertz CT molecular complexity index is 491. The van der Waals surface area contributed by atoms with Gasteiger partial charge in [0.15, 0.2) is 0 Å². The number of carboxylic acid groups (broad SMARTS) is 1. The number of thiazole rings is 1. The van der Waals surface area contributed by atoms with Crippen molar-refractivity contribution in [2.75, 3.05) is 6.61 Å². The number of rotatable bonds is 4. The van der Waals surface area contributed by atoms with Crippen LogP contribution in [0.25, 0.3) is 0 Å². The highest BCUT2D eigenvalue weighted by molar-refractivity contribution is 8.01. The van der Waals surface area contributed by atoms with Crippen molar-refractivity contribution < 1.29 is 14.6 Å². The summed E-state index contributed by atoms with van der Waals surface area (Å²) in [5, 5.41) is 11.2. The maximum absolute atomic E-state index is 10.7. The summed E-state index contributed by atoms with van der Waals surface area (Å²) < 4.78 is 7.13. The maximum Gasteiger partial charge on any atom is 0.309 e. The summed E-state index contributed by atoms with van der Waals surface area (Å²) in [6, 6.07) is 0. The van der Waals surface area contributed by atoms with Gasteiger partial charge in [0, 0.05) is 17.2 Å². The summed E-state index contributed by atoms with van der Waals surface area (Å²) in [6.45, 7) is 0.852. The minimum Gasteiger partial charge on any atom is -0.481 e. The normalized spacial score (nSPS) is 25.0. The van der Waals surface area contributed by atoms with Crippen LogP contribution in [0.2, 0.25) is 0 Å². The average Bonchev–Trinajstić information content (AvgIpc) is 2.86. The highest BCUT2D eigenvalue weighted by Crippen LogP contribution is 2.43. The Balaban J connectivity index is 1.59. The van der Waals surface area contributed by atoms with E-state index >= 15 is 0 Å². The van der Waals surface area contributed by atoms with Gasteiger partial charge in [-0.25, -0.2) is 4.98 Å². The summed E-state index contributed by atoms with van der Waals surface area (Å²) in [6.07, 6.45) is 8.53. The zero-order valence-corrected chi connectivity index (χ0v) is 13.7. The Hall–Kier alpha value is -0.590. The fourth-order valence-electron chi connectivity index (χ4n) is 3.35. The standard InChI is InChI=1S/C15H21NO3S2/c17-13(18)8-11-10-20-14(16-11)21-12-4-7-19-15(9-12)5-2-1-3-6-15/h10,12H,1-9H2,(H,17,18). The average molecular weight is 327 g/mol. The largest absolute Gasteiger partial charge is 0.481 e. The van der Waals surface area contributed by atoms with E-state index in [4.69, 9.17) is 9.84 Å². The number of carbonyl (C=O) groups is 1. The van der Waals surface area contributed by atoms with Crippen molar-refractivity contribution in [3.8, 4) is 0 Å². The summed E-state index contributed by atoms with van der Waals surface area (Å²) in [5.74, 6) is -0.816. The van der Waals surface area contributed by atoms with Gasteiger partial charge in [0.25, 0.3) is 0 Å². The van der Waals surface area contributed by atoms with Crippen molar-refractivity contribution in [2.24, 2.45) is 0 Å². The van der Waals surface area contributed by atoms with Crippen molar-refractivity contribution in [3.63, 3.8) is 0 Å². The molecule has 116 valence electrons. The molecule has 1 aliphatic heterocycles. The zero-order chi connectivity index (χ0) is 14.7. The fraction of sp³-hybridized carbons (Fsp3) is 0.733. The lowest BCUT2D eigenvalue weighted by Gasteiger charge is -2.43. The predicted molar refractivity (Wildman–Crippen MR) is 84.1 cm³/mol. The molecular formula is C15H21NO3S2. The van der Waals surface area contributed by atoms with Gasteiger partial charge in [0.1, 0.15) is 4.34 Å². The van der Waals surface area contributed by atoms with Crippen LogP contribution in [0.1, 0.15) is 50.6 Å². The van der Waals surface area contributed by atoms with E-state index in [1.165, 1.54) is 32.1 Å². The molecule has 1 aromatic heterocycles. The second-order valence-electron chi connectivity index (χ2n) is 6.00. The van der Waals surface area contributed by atoms with Crippen LogP contribution < -0.4 is 0 Å². The molecule has 6 heteroatoms. The number of thioether (sulfide) groups is 1. The minimum absolute atomic E-state index is 0.0226. The Labute approximate surface area is 133 Å². The van der Waals surface area contributed by atoms with Crippen LogP contribution in [0.3, 0.4) is 0 Å². The second-order valence-corrected chi connectivity index (χ2v) is 8.41. The first-order valence-electron chi connectivity index (χ1n) is 7.62. The molecule has 1 aliphatic carbocycles. The van der Waals surface area contributed by atoms with Gasteiger partial charge in [0.05, 0.1) is 17.7 Å². The highest BCUT2D eigenvalue weighted by Gasteiger charge is 2.38. The van der Waals surface area contributed by atoms with Crippen LogP contribution in [-0.2, 0) is 16.0 Å². The third-order valence-corrected chi connectivity index (χ3v) is 6.63. The highest BCUT2D eigenvalue weighted by atomic mass is 32.2. The van der Waals surface area contributed by atoms with Gasteiger partial charge in [-0.2, -0.15) is 0 Å². The molecule has 0 bridgehead atoms. The first kappa shape index (κ1) is 15.3. The van der Waals surface area contributed by atoms with Gasteiger partial charge in [-0.1, -0.05) is 31.0 Å². The molecule has 3 rings (SSSR count). The monoisotopic (exact) mass is 327 g/mol. The lowest BCUT2D eigenvalue weighted by molar-refractivity contribution is -0.136. The predicted octanol–water partition coefficient (Wildman–Crippen LogP) is 3.74. The number of aliphatic carboxylic acids is 1. The Morgan fingerprint density at radius 2 is 2.29 bits per heavy atom. The zero-order valence-electron chi connectivity index (χ0n) is 12.0. The van der Waals surface area contributed by atoms with Crippen molar-refractivity contribution in [2.45, 2.75) is 66.6 Å². The molecule has 1 N–H and O–H groups in total. The Morgan fingerprint density at radius 3 is 3.05 bits per heavy atom. The number of carboxylic acids is 1. The lowest BCUT2D eigenvalue weighted by atomic mass is 9.80. The molecule has 1 atom stereocenters. The molecular weight excluding hydrogens is 306 g/mol. The van der Waals surface area contributed by atoms with E-state index in [0.717, 1.165) is 23.8 Å². The number of nitrogens with zero attached hydrogens (tertiary/aromatic N) is 1. The van der Waals surface area contributed by atoms with Crippen LogP contribution >= 0.6 is 23.1 Å². The second kappa shape index (κ2) is 6.67. The molecule has 0 aromatic carbocycles. The summed E-state index contributed by atoms with van der Waals surface area (Å²) in [5.41, 5.74) is 0.796. The van der Waals surface area contributed by atoms with Gasteiger partial charge in [-0.3, -0.25) is 4.79 Å². The van der Waals surface area contributed by atoms with Crippen LogP contribution in [0, 0.1) is 0 Å². The summed E-state index contributed by atoms with van der Waals surface area (Å²) in [7, 11) is 0. The summed E-state index contributed by atoms with van der Waals surface area (Å²) >= 11 is 3.38. The Kier molecular flexibility index (Phi) is 4.86. The molecule has 2 aliphatic rings. The Morgan fingerprint density at radius 1 is 1.48 bits per heavy atom. The van der Waals surface area contributed by atoms with Crippen LogP contribution in [0.4, 0.5) is 0 Å². The number of ether oxygens (including phenoxy) is 1. The molecule has 4 nitrogen and oxygen atoms in total. The van der Waals surface area contributed by atoms with E-state index in [1.54, 1.807) is 11.3 Å². The third kappa shape index (κ3) is 3.99. The quantitative estimate of drug-likeness (QED) is 0.913. The molecule has 1 spiro atoms. The molecule has 1 saturated heterocycles. The van der Waals surface area contributed by atoms with Crippen molar-refractivity contribution in [1.29, 1.82) is 0 Å². The van der Waals surface area contributed by atoms with Crippen LogP contribution in [-0.4, -0.2) is 33.5 Å². The minimum atomic E-state index is -0.816. The van der Waals surface area contributed by atoms with Crippen LogP contribution in [0.5, 0.6) is 0 Å². The number of hydrogen-bond acceptors (Lipinski definition) is 5. The molecule has 1 unspecified atom stereocenters. The van der Waals surface area contributed by atoms with E-state index in [0.29, 0.717) is 10.9 Å². The van der Waals surface area contributed by atoms with Crippen molar-refractivity contribution in [3.05, 3.63) is 11.1 Å².